The van der Waals surface area contributed by atoms with Gasteiger partial charge in [-0.3, -0.25) is 0 Å². The van der Waals surface area contributed by atoms with Crippen LogP contribution in [0.5, 0.6) is 5.75 Å². The lowest BCUT2D eigenvalue weighted by Crippen LogP contribution is -2.07. The number of benzene rings is 2. The molecule has 3 rings (SSSR count). The second-order valence-corrected chi connectivity index (χ2v) is 5.10. The topological polar surface area (TPSA) is 66.0 Å². The van der Waals surface area contributed by atoms with Crippen molar-refractivity contribution in [1.29, 1.82) is 0 Å². The predicted molar refractivity (Wildman–Crippen MR) is 85.0 cm³/mol. The summed E-state index contributed by atoms with van der Waals surface area (Å²) in [5.41, 5.74) is 9.23. The maximum atomic E-state index is 13.1. The normalized spacial score (nSPS) is 10.7. The van der Waals surface area contributed by atoms with Crippen molar-refractivity contribution in [3.8, 4) is 11.4 Å². The third kappa shape index (κ3) is 3.22. The molecule has 3 aromatic rings. The fourth-order valence-electron chi connectivity index (χ4n) is 2.39. The van der Waals surface area contributed by atoms with Crippen LogP contribution in [0.25, 0.3) is 5.69 Å². The molecule has 0 aliphatic carbocycles. The van der Waals surface area contributed by atoms with Gasteiger partial charge in [-0.2, -0.15) is 0 Å². The van der Waals surface area contributed by atoms with Crippen molar-refractivity contribution in [2.75, 3.05) is 7.11 Å². The minimum Gasteiger partial charge on any atom is -0.497 e. The van der Waals surface area contributed by atoms with E-state index >= 15 is 0 Å². The summed E-state index contributed by atoms with van der Waals surface area (Å²) < 4.78 is 20.0. The van der Waals surface area contributed by atoms with Gasteiger partial charge in [-0.15, -0.1) is 5.10 Å². The summed E-state index contributed by atoms with van der Waals surface area (Å²) in [6.45, 7) is 0.298. The van der Waals surface area contributed by atoms with Crippen molar-refractivity contribution >= 4 is 0 Å². The number of hydrogen-bond donors (Lipinski definition) is 1. The number of nitrogens with zero attached hydrogens (tertiary/aromatic N) is 3. The Labute approximate surface area is 133 Å². The average Bonchev–Trinajstić information content (AvgIpc) is 2.99. The molecule has 118 valence electrons. The highest BCUT2D eigenvalue weighted by molar-refractivity contribution is 5.36. The lowest BCUT2D eigenvalue weighted by molar-refractivity contribution is 0.414. The lowest BCUT2D eigenvalue weighted by atomic mass is 10.1. The van der Waals surface area contributed by atoms with Crippen molar-refractivity contribution in [2.24, 2.45) is 5.73 Å². The van der Waals surface area contributed by atoms with Crippen molar-refractivity contribution in [3.63, 3.8) is 0 Å². The van der Waals surface area contributed by atoms with Gasteiger partial charge in [-0.1, -0.05) is 17.3 Å². The van der Waals surface area contributed by atoms with Gasteiger partial charge in [-0.25, -0.2) is 9.07 Å². The molecule has 0 unspecified atom stereocenters. The van der Waals surface area contributed by atoms with Crippen LogP contribution in [0.15, 0.2) is 48.5 Å². The first-order valence-corrected chi connectivity index (χ1v) is 7.23. The Balaban J connectivity index is 1.96. The smallest absolute Gasteiger partial charge is 0.123 e. The molecule has 0 bridgehead atoms. The number of halogens is 1. The van der Waals surface area contributed by atoms with Gasteiger partial charge in [0.15, 0.2) is 0 Å². The molecule has 5 nitrogen and oxygen atoms in total. The molecule has 0 amide bonds. The van der Waals surface area contributed by atoms with Gasteiger partial charge in [0.1, 0.15) is 17.3 Å². The SMILES string of the molecule is COc1ccc(Cc2c(CN)nnn2-c2ccc(F)cc2)cc1. The number of hydrogen-bond acceptors (Lipinski definition) is 4. The molecule has 0 aliphatic heterocycles. The van der Waals surface area contributed by atoms with E-state index in [9.17, 15) is 4.39 Å². The van der Waals surface area contributed by atoms with Crippen LogP contribution in [0.3, 0.4) is 0 Å². The largest absolute Gasteiger partial charge is 0.497 e. The first kappa shape index (κ1) is 15.2. The number of ether oxygens (including phenoxy) is 1. The Morgan fingerprint density at radius 2 is 1.78 bits per heavy atom. The van der Waals surface area contributed by atoms with Gasteiger partial charge in [-0.05, 0) is 42.0 Å². The number of aromatic nitrogens is 3. The van der Waals surface area contributed by atoms with Crippen LogP contribution in [0.2, 0.25) is 0 Å². The van der Waals surface area contributed by atoms with Crippen LogP contribution < -0.4 is 10.5 Å². The molecule has 0 atom stereocenters. The zero-order chi connectivity index (χ0) is 16.2. The molecule has 2 N–H and O–H groups in total. The van der Waals surface area contributed by atoms with Crippen molar-refractivity contribution in [1.82, 2.24) is 15.0 Å². The number of rotatable bonds is 5. The molecular weight excluding hydrogens is 295 g/mol. The first-order chi connectivity index (χ1) is 11.2. The minimum absolute atomic E-state index is 0.287. The van der Waals surface area contributed by atoms with Gasteiger partial charge in [0, 0.05) is 13.0 Å². The molecule has 6 heteroatoms. The standard InChI is InChI=1S/C17H17FN4O/c1-23-15-8-2-12(3-9-15)10-17-16(11-19)20-21-22(17)14-6-4-13(18)5-7-14/h2-9H,10-11,19H2,1H3. The molecule has 0 saturated carbocycles. The van der Waals surface area contributed by atoms with E-state index in [4.69, 9.17) is 10.5 Å². The highest BCUT2D eigenvalue weighted by Crippen LogP contribution is 2.19. The molecule has 0 radical (unpaired) electrons. The predicted octanol–water partition coefficient (Wildman–Crippen LogP) is 2.46. The highest BCUT2D eigenvalue weighted by Gasteiger charge is 2.14. The van der Waals surface area contributed by atoms with Crippen LogP contribution in [-0.2, 0) is 13.0 Å². The third-order valence-electron chi connectivity index (χ3n) is 3.64. The Morgan fingerprint density at radius 3 is 2.39 bits per heavy atom. The van der Waals surface area contributed by atoms with Gasteiger partial charge in [0.25, 0.3) is 0 Å². The molecule has 23 heavy (non-hydrogen) atoms. The van der Waals surface area contributed by atoms with Gasteiger partial charge in [0.05, 0.1) is 18.5 Å². The minimum atomic E-state index is -0.287. The van der Waals surface area contributed by atoms with Crippen LogP contribution in [0.4, 0.5) is 4.39 Å². The van der Waals surface area contributed by atoms with E-state index in [0.717, 1.165) is 28.4 Å². The van der Waals surface area contributed by atoms with E-state index < -0.39 is 0 Å². The summed E-state index contributed by atoms with van der Waals surface area (Å²) in [6, 6.07) is 13.9. The molecule has 0 saturated heterocycles. The van der Waals surface area contributed by atoms with Crippen LogP contribution in [-0.4, -0.2) is 22.1 Å². The molecule has 0 spiro atoms. The molecule has 1 heterocycles. The van der Waals surface area contributed by atoms with E-state index in [1.807, 2.05) is 24.3 Å². The first-order valence-electron chi connectivity index (χ1n) is 7.23. The third-order valence-corrected chi connectivity index (χ3v) is 3.64. The summed E-state index contributed by atoms with van der Waals surface area (Å²) >= 11 is 0. The quantitative estimate of drug-likeness (QED) is 0.786. The van der Waals surface area contributed by atoms with Crippen molar-refractivity contribution in [3.05, 3.63) is 71.3 Å². The fourth-order valence-corrected chi connectivity index (χ4v) is 2.39. The number of methoxy groups -OCH3 is 1. The van der Waals surface area contributed by atoms with Crippen molar-refractivity contribution in [2.45, 2.75) is 13.0 Å². The molecule has 0 fully saturated rings. The Hall–Kier alpha value is -2.73. The zero-order valence-corrected chi connectivity index (χ0v) is 12.7. The fraction of sp³-hybridized carbons (Fsp3) is 0.176. The van der Waals surface area contributed by atoms with Gasteiger partial charge < -0.3 is 10.5 Å². The summed E-state index contributed by atoms with van der Waals surface area (Å²) in [6.07, 6.45) is 0.626. The maximum absolute atomic E-state index is 13.1. The summed E-state index contributed by atoms with van der Waals surface area (Å²) in [4.78, 5) is 0. The van der Waals surface area contributed by atoms with Crippen LogP contribution >= 0.6 is 0 Å². The Kier molecular flexibility index (Phi) is 4.34. The maximum Gasteiger partial charge on any atom is 0.123 e. The second-order valence-electron chi connectivity index (χ2n) is 5.10. The van der Waals surface area contributed by atoms with Gasteiger partial charge in [0.2, 0.25) is 0 Å². The molecular formula is C17H17FN4O. The number of nitrogens with two attached hydrogens (primary N) is 1. The summed E-state index contributed by atoms with van der Waals surface area (Å²) in [5, 5.41) is 8.29. The molecule has 0 aliphatic rings. The highest BCUT2D eigenvalue weighted by atomic mass is 19.1. The average molecular weight is 312 g/mol. The van der Waals surface area contributed by atoms with E-state index in [-0.39, 0.29) is 5.82 Å². The van der Waals surface area contributed by atoms with E-state index in [1.54, 1.807) is 23.9 Å². The second kappa shape index (κ2) is 6.58. The van der Waals surface area contributed by atoms with Crippen molar-refractivity contribution < 1.29 is 9.13 Å². The van der Waals surface area contributed by atoms with E-state index in [2.05, 4.69) is 10.3 Å². The van der Waals surface area contributed by atoms with E-state index in [1.165, 1.54) is 12.1 Å². The Morgan fingerprint density at radius 1 is 1.09 bits per heavy atom. The monoisotopic (exact) mass is 312 g/mol. The summed E-state index contributed by atoms with van der Waals surface area (Å²) in [5.74, 6) is 0.516. The van der Waals surface area contributed by atoms with Crippen LogP contribution in [0.1, 0.15) is 17.0 Å². The Bertz CT molecular complexity index is 781. The molecule has 1 aromatic heterocycles. The van der Waals surface area contributed by atoms with E-state index in [0.29, 0.717) is 13.0 Å². The lowest BCUT2D eigenvalue weighted by Gasteiger charge is -2.08. The zero-order valence-electron chi connectivity index (χ0n) is 12.7. The van der Waals surface area contributed by atoms with Crippen LogP contribution in [0, 0.1) is 5.82 Å². The van der Waals surface area contributed by atoms with Gasteiger partial charge >= 0.3 is 0 Å². The molecule has 2 aromatic carbocycles. The summed E-state index contributed by atoms with van der Waals surface area (Å²) in [7, 11) is 1.63.